The lowest BCUT2D eigenvalue weighted by molar-refractivity contribution is 0.443. The third-order valence-electron chi connectivity index (χ3n) is 1.93. The Morgan fingerprint density at radius 1 is 1.29 bits per heavy atom. The molecule has 0 saturated carbocycles. The average Bonchev–Trinajstić information content (AvgIpc) is 2.00. The molecular formula is C12H18BrN. The number of hydrogen-bond acceptors (Lipinski definition) is 1. The van der Waals surface area contributed by atoms with Crippen LogP contribution in [0.25, 0.3) is 0 Å². The zero-order chi connectivity index (χ0) is 10.8. The molecule has 0 aliphatic carbocycles. The minimum Gasteiger partial charge on any atom is -0.384 e. The molecule has 2 heteroatoms. The maximum absolute atomic E-state index is 3.55. The zero-order valence-electron chi connectivity index (χ0n) is 9.32. The van der Waals surface area contributed by atoms with Crippen molar-refractivity contribution in [2.45, 2.75) is 27.7 Å². The molecule has 1 N–H and O–H groups in total. The van der Waals surface area contributed by atoms with Crippen molar-refractivity contribution < 1.29 is 0 Å². The molecule has 1 aromatic rings. The smallest absolute Gasteiger partial charge is 0.0484 e. The molecule has 0 radical (unpaired) electrons. The van der Waals surface area contributed by atoms with Gasteiger partial charge >= 0.3 is 0 Å². The molecule has 1 aromatic carbocycles. The van der Waals surface area contributed by atoms with Gasteiger partial charge < -0.3 is 5.32 Å². The number of halogens is 1. The molecular weight excluding hydrogens is 238 g/mol. The standard InChI is InChI=1S/C12H18BrN/c1-9-5-6-11(10(13)7-9)14-8-12(2,3)4/h5-7,14H,8H2,1-4H3. The summed E-state index contributed by atoms with van der Waals surface area (Å²) in [5.41, 5.74) is 2.76. The highest BCUT2D eigenvalue weighted by molar-refractivity contribution is 9.10. The first-order chi connectivity index (χ1) is 6.38. The number of benzene rings is 1. The van der Waals surface area contributed by atoms with Crippen molar-refractivity contribution in [2.24, 2.45) is 5.41 Å². The van der Waals surface area contributed by atoms with Gasteiger partial charge in [-0.2, -0.15) is 0 Å². The maximum atomic E-state index is 3.55. The van der Waals surface area contributed by atoms with Crippen molar-refractivity contribution in [3.63, 3.8) is 0 Å². The van der Waals surface area contributed by atoms with Gasteiger partial charge in [-0.25, -0.2) is 0 Å². The molecule has 1 nitrogen and oxygen atoms in total. The molecule has 14 heavy (non-hydrogen) atoms. The van der Waals surface area contributed by atoms with E-state index in [4.69, 9.17) is 0 Å². The lowest BCUT2D eigenvalue weighted by Crippen LogP contribution is -2.19. The normalized spacial score (nSPS) is 11.5. The molecule has 0 saturated heterocycles. The predicted molar refractivity (Wildman–Crippen MR) is 66.8 cm³/mol. The van der Waals surface area contributed by atoms with Crippen LogP contribution in [0.4, 0.5) is 5.69 Å². The molecule has 0 spiro atoms. The van der Waals surface area contributed by atoms with Crippen LogP contribution in [0.2, 0.25) is 0 Å². The van der Waals surface area contributed by atoms with Crippen LogP contribution in [-0.2, 0) is 0 Å². The first kappa shape index (κ1) is 11.6. The Morgan fingerprint density at radius 2 is 1.93 bits per heavy atom. The van der Waals surface area contributed by atoms with E-state index >= 15 is 0 Å². The highest BCUT2D eigenvalue weighted by atomic mass is 79.9. The monoisotopic (exact) mass is 255 g/mol. The Hall–Kier alpha value is -0.500. The van der Waals surface area contributed by atoms with Gasteiger partial charge in [-0.05, 0) is 46.0 Å². The van der Waals surface area contributed by atoms with E-state index < -0.39 is 0 Å². The molecule has 0 fully saturated rings. The Kier molecular flexibility index (Phi) is 3.59. The molecule has 0 unspecified atom stereocenters. The molecule has 78 valence electrons. The van der Waals surface area contributed by atoms with E-state index in [1.807, 2.05) is 0 Å². The number of hydrogen-bond donors (Lipinski definition) is 1. The van der Waals surface area contributed by atoms with Gasteiger partial charge in [0.05, 0.1) is 0 Å². The Labute approximate surface area is 95.0 Å². The van der Waals surface area contributed by atoms with Crippen molar-refractivity contribution in [1.29, 1.82) is 0 Å². The summed E-state index contributed by atoms with van der Waals surface area (Å²) in [7, 11) is 0. The van der Waals surface area contributed by atoms with Crippen LogP contribution in [-0.4, -0.2) is 6.54 Å². The highest BCUT2D eigenvalue weighted by Crippen LogP contribution is 2.24. The highest BCUT2D eigenvalue weighted by Gasteiger charge is 2.10. The van der Waals surface area contributed by atoms with Gasteiger partial charge in [0.15, 0.2) is 0 Å². The van der Waals surface area contributed by atoms with Crippen LogP contribution in [0.15, 0.2) is 22.7 Å². The number of anilines is 1. The van der Waals surface area contributed by atoms with Crippen molar-refractivity contribution in [3.8, 4) is 0 Å². The molecule has 0 aliphatic heterocycles. The van der Waals surface area contributed by atoms with Gasteiger partial charge in [0.25, 0.3) is 0 Å². The average molecular weight is 256 g/mol. The van der Waals surface area contributed by atoms with Crippen LogP contribution in [0.3, 0.4) is 0 Å². The van der Waals surface area contributed by atoms with Gasteiger partial charge in [-0.3, -0.25) is 0 Å². The van der Waals surface area contributed by atoms with Crippen molar-refractivity contribution in [1.82, 2.24) is 0 Å². The number of rotatable bonds is 2. The summed E-state index contributed by atoms with van der Waals surface area (Å²) in [6.45, 7) is 9.75. The van der Waals surface area contributed by atoms with Gasteiger partial charge in [0.1, 0.15) is 0 Å². The second-order valence-electron chi connectivity index (χ2n) is 4.90. The second kappa shape index (κ2) is 4.35. The Bertz CT molecular complexity index is 313. The molecule has 0 atom stereocenters. The Morgan fingerprint density at radius 3 is 2.43 bits per heavy atom. The lowest BCUT2D eigenvalue weighted by Gasteiger charge is -2.20. The van der Waals surface area contributed by atoms with E-state index in [2.05, 4.69) is 67.1 Å². The van der Waals surface area contributed by atoms with Crippen molar-refractivity contribution in [3.05, 3.63) is 28.2 Å². The summed E-state index contributed by atoms with van der Waals surface area (Å²) in [4.78, 5) is 0. The minimum absolute atomic E-state index is 0.310. The van der Waals surface area contributed by atoms with Crippen molar-refractivity contribution in [2.75, 3.05) is 11.9 Å². The predicted octanol–water partition coefficient (Wildman–Crippen LogP) is 4.22. The van der Waals surface area contributed by atoms with Crippen LogP contribution in [0.5, 0.6) is 0 Å². The third-order valence-corrected chi connectivity index (χ3v) is 2.59. The largest absolute Gasteiger partial charge is 0.384 e. The van der Waals surface area contributed by atoms with Gasteiger partial charge in [-0.1, -0.05) is 26.8 Å². The minimum atomic E-state index is 0.310. The van der Waals surface area contributed by atoms with Crippen LogP contribution < -0.4 is 5.32 Å². The topological polar surface area (TPSA) is 12.0 Å². The van der Waals surface area contributed by atoms with Crippen molar-refractivity contribution >= 4 is 21.6 Å². The summed E-state index contributed by atoms with van der Waals surface area (Å²) in [6.07, 6.45) is 0. The fraction of sp³-hybridized carbons (Fsp3) is 0.500. The van der Waals surface area contributed by atoms with Gasteiger partial charge in [0.2, 0.25) is 0 Å². The summed E-state index contributed by atoms with van der Waals surface area (Å²) in [5, 5.41) is 3.43. The van der Waals surface area contributed by atoms with Crippen LogP contribution in [0.1, 0.15) is 26.3 Å². The van der Waals surface area contributed by atoms with E-state index in [-0.39, 0.29) is 0 Å². The SMILES string of the molecule is Cc1ccc(NCC(C)(C)C)c(Br)c1. The quantitative estimate of drug-likeness (QED) is 0.835. The summed E-state index contributed by atoms with van der Waals surface area (Å²) in [5.74, 6) is 0. The molecule has 0 aromatic heterocycles. The third kappa shape index (κ3) is 3.70. The van der Waals surface area contributed by atoms with Crippen LogP contribution >= 0.6 is 15.9 Å². The van der Waals surface area contributed by atoms with E-state index in [0.29, 0.717) is 5.41 Å². The molecule has 0 aliphatic rings. The van der Waals surface area contributed by atoms with E-state index in [1.54, 1.807) is 0 Å². The fourth-order valence-corrected chi connectivity index (χ4v) is 1.76. The lowest BCUT2D eigenvalue weighted by atomic mass is 9.97. The number of aryl methyl sites for hydroxylation is 1. The van der Waals surface area contributed by atoms with E-state index in [1.165, 1.54) is 11.3 Å². The van der Waals surface area contributed by atoms with E-state index in [9.17, 15) is 0 Å². The molecule has 0 bridgehead atoms. The summed E-state index contributed by atoms with van der Waals surface area (Å²) < 4.78 is 1.14. The fourth-order valence-electron chi connectivity index (χ4n) is 1.12. The molecule has 1 rings (SSSR count). The summed E-state index contributed by atoms with van der Waals surface area (Å²) >= 11 is 3.55. The van der Waals surface area contributed by atoms with E-state index in [0.717, 1.165) is 11.0 Å². The maximum Gasteiger partial charge on any atom is 0.0484 e. The van der Waals surface area contributed by atoms with Gasteiger partial charge in [0, 0.05) is 16.7 Å². The number of nitrogens with one attached hydrogen (secondary N) is 1. The Balaban J connectivity index is 2.68. The van der Waals surface area contributed by atoms with Gasteiger partial charge in [-0.15, -0.1) is 0 Å². The first-order valence-electron chi connectivity index (χ1n) is 4.88. The zero-order valence-corrected chi connectivity index (χ0v) is 10.9. The van der Waals surface area contributed by atoms with Crippen LogP contribution in [0, 0.1) is 12.3 Å². The molecule has 0 heterocycles. The molecule has 0 amide bonds. The second-order valence-corrected chi connectivity index (χ2v) is 5.75. The first-order valence-corrected chi connectivity index (χ1v) is 5.68. The summed E-state index contributed by atoms with van der Waals surface area (Å²) in [6, 6.07) is 6.37.